The Balaban J connectivity index is 1.40. The highest BCUT2D eigenvalue weighted by Gasteiger charge is 2.52. The minimum absolute atomic E-state index is 0.147. The van der Waals surface area contributed by atoms with Gasteiger partial charge in [-0.05, 0) is 85.1 Å². The molecule has 5 nitrogen and oxygen atoms in total. The molecule has 0 amide bonds. The van der Waals surface area contributed by atoms with Gasteiger partial charge in [0.25, 0.3) is 0 Å². The van der Waals surface area contributed by atoms with Crippen LogP contribution in [0.15, 0.2) is 36.5 Å². The van der Waals surface area contributed by atoms with Crippen molar-refractivity contribution in [2.75, 3.05) is 13.2 Å². The number of fused-ring (bicyclic) bond motifs is 2. The zero-order valence-electron chi connectivity index (χ0n) is 20.3. The smallest absolute Gasteiger partial charge is 0.221 e. The lowest BCUT2D eigenvalue weighted by atomic mass is 9.51. The van der Waals surface area contributed by atoms with Crippen LogP contribution in [0, 0.1) is 23.0 Å². The van der Waals surface area contributed by atoms with Crippen LogP contribution in [-0.2, 0) is 4.74 Å². The SMILES string of the molecule is CC1CC2(C1)CC(Oc1nc(C3CCOCC3)c(-c3ccc(F)c(F)c3)c3cc4cn[nH]c4cc13)C2. The van der Waals surface area contributed by atoms with Crippen molar-refractivity contribution in [2.45, 2.75) is 57.5 Å². The van der Waals surface area contributed by atoms with Crippen LogP contribution in [0.4, 0.5) is 8.78 Å². The molecule has 1 aliphatic heterocycles. The molecule has 2 saturated carbocycles. The van der Waals surface area contributed by atoms with Gasteiger partial charge in [-0.3, -0.25) is 5.10 Å². The van der Waals surface area contributed by atoms with E-state index >= 15 is 0 Å². The van der Waals surface area contributed by atoms with E-state index in [0.717, 1.165) is 64.5 Å². The molecule has 1 saturated heterocycles. The quantitative estimate of drug-likeness (QED) is 0.338. The number of nitrogens with one attached hydrogen (secondary N) is 1. The molecular formula is C29H29F2N3O2. The van der Waals surface area contributed by atoms with Gasteiger partial charge in [0.2, 0.25) is 5.88 Å². The van der Waals surface area contributed by atoms with Crippen molar-refractivity contribution in [1.29, 1.82) is 0 Å². The first-order valence-corrected chi connectivity index (χ1v) is 13.0. The van der Waals surface area contributed by atoms with E-state index in [9.17, 15) is 8.78 Å². The Kier molecular flexibility index (Phi) is 5.07. The molecule has 36 heavy (non-hydrogen) atoms. The first kappa shape index (κ1) is 22.2. The maximum absolute atomic E-state index is 14.4. The fourth-order valence-electron chi connectivity index (χ4n) is 6.95. The highest BCUT2D eigenvalue weighted by molar-refractivity contribution is 6.06. The van der Waals surface area contributed by atoms with Crippen LogP contribution in [0.2, 0.25) is 0 Å². The van der Waals surface area contributed by atoms with Crippen molar-refractivity contribution in [3.63, 3.8) is 0 Å². The van der Waals surface area contributed by atoms with Crippen molar-refractivity contribution in [2.24, 2.45) is 11.3 Å². The monoisotopic (exact) mass is 489 g/mol. The van der Waals surface area contributed by atoms with E-state index in [4.69, 9.17) is 14.5 Å². The fraction of sp³-hybridized carbons (Fsp3) is 0.448. The molecule has 2 aliphatic carbocycles. The number of ether oxygens (including phenoxy) is 2. The summed E-state index contributed by atoms with van der Waals surface area (Å²) < 4.78 is 40.6. The van der Waals surface area contributed by atoms with Crippen molar-refractivity contribution in [3.8, 4) is 17.0 Å². The average molecular weight is 490 g/mol. The van der Waals surface area contributed by atoms with Crippen LogP contribution in [0.5, 0.6) is 5.88 Å². The second-order valence-corrected chi connectivity index (χ2v) is 11.2. The van der Waals surface area contributed by atoms with E-state index in [1.807, 2.05) is 6.07 Å². The molecule has 0 radical (unpaired) electrons. The number of nitrogens with zero attached hydrogens (tertiary/aromatic N) is 2. The third kappa shape index (κ3) is 3.59. The molecule has 0 bridgehead atoms. The molecule has 1 spiro atoms. The van der Waals surface area contributed by atoms with Gasteiger partial charge in [0.05, 0.1) is 17.4 Å². The second-order valence-electron chi connectivity index (χ2n) is 11.2. The Labute approximate surface area is 208 Å². The lowest BCUT2D eigenvalue weighted by molar-refractivity contribution is -0.0959. The average Bonchev–Trinajstić information content (AvgIpc) is 3.30. The maximum Gasteiger partial charge on any atom is 0.221 e. The molecule has 3 heterocycles. The topological polar surface area (TPSA) is 60.0 Å². The molecule has 186 valence electrons. The van der Waals surface area contributed by atoms with Crippen LogP contribution in [-0.4, -0.2) is 34.5 Å². The number of pyridine rings is 1. The third-order valence-corrected chi connectivity index (χ3v) is 8.54. The Morgan fingerprint density at radius 1 is 1.00 bits per heavy atom. The number of halogens is 2. The number of aromatic amines is 1. The number of aromatic nitrogens is 3. The van der Waals surface area contributed by atoms with E-state index in [0.29, 0.717) is 30.1 Å². The number of hydrogen-bond donors (Lipinski definition) is 1. The second kappa shape index (κ2) is 8.23. The molecule has 1 N–H and O–H groups in total. The Bertz CT molecular complexity index is 1460. The van der Waals surface area contributed by atoms with Crippen LogP contribution in [0.1, 0.15) is 57.1 Å². The van der Waals surface area contributed by atoms with Gasteiger partial charge in [0.15, 0.2) is 11.6 Å². The van der Waals surface area contributed by atoms with E-state index < -0.39 is 11.6 Å². The molecule has 3 aliphatic rings. The summed E-state index contributed by atoms with van der Waals surface area (Å²) in [4.78, 5) is 5.14. The van der Waals surface area contributed by atoms with Gasteiger partial charge in [0.1, 0.15) is 6.10 Å². The number of hydrogen-bond acceptors (Lipinski definition) is 4. The van der Waals surface area contributed by atoms with Crippen LogP contribution >= 0.6 is 0 Å². The molecule has 7 heteroatoms. The molecule has 2 aromatic heterocycles. The summed E-state index contributed by atoms with van der Waals surface area (Å²) in [6, 6.07) is 8.21. The summed E-state index contributed by atoms with van der Waals surface area (Å²) in [7, 11) is 0. The third-order valence-electron chi connectivity index (χ3n) is 8.54. The molecule has 3 fully saturated rings. The number of benzene rings is 2. The van der Waals surface area contributed by atoms with Crippen LogP contribution < -0.4 is 4.74 Å². The molecule has 0 atom stereocenters. The van der Waals surface area contributed by atoms with Gasteiger partial charge in [-0.15, -0.1) is 0 Å². The van der Waals surface area contributed by atoms with Gasteiger partial charge in [0, 0.05) is 35.5 Å². The first-order chi connectivity index (χ1) is 17.5. The normalized spacial score (nSPS) is 26.3. The summed E-state index contributed by atoms with van der Waals surface area (Å²) in [5.41, 5.74) is 3.69. The highest BCUT2D eigenvalue weighted by atomic mass is 19.2. The summed E-state index contributed by atoms with van der Waals surface area (Å²) in [6.07, 6.45) is 8.32. The Hall–Kier alpha value is -3.06. The lowest BCUT2D eigenvalue weighted by Crippen LogP contribution is -2.51. The Morgan fingerprint density at radius 2 is 1.81 bits per heavy atom. The van der Waals surface area contributed by atoms with E-state index in [2.05, 4.69) is 23.2 Å². The highest BCUT2D eigenvalue weighted by Crippen LogP contribution is 2.59. The lowest BCUT2D eigenvalue weighted by Gasteiger charge is -2.56. The maximum atomic E-state index is 14.4. The zero-order chi connectivity index (χ0) is 24.4. The van der Waals surface area contributed by atoms with Gasteiger partial charge in [-0.25, -0.2) is 13.8 Å². The van der Waals surface area contributed by atoms with E-state index in [1.165, 1.54) is 25.0 Å². The molecule has 7 rings (SSSR count). The predicted molar refractivity (Wildman–Crippen MR) is 134 cm³/mol. The minimum Gasteiger partial charge on any atom is -0.474 e. The van der Waals surface area contributed by atoms with E-state index in [-0.39, 0.29) is 12.0 Å². The molecule has 4 aromatic rings. The Morgan fingerprint density at radius 3 is 2.56 bits per heavy atom. The molecule has 0 unspecified atom stereocenters. The van der Waals surface area contributed by atoms with Gasteiger partial charge in [-0.1, -0.05) is 13.0 Å². The zero-order valence-corrected chi connectivity index (χ0v) is 20.3. The van der Waals surface area contributed by atoms with Crippen LogP contribution in [0.25, 0.3) is 32.8 Å². The number of H-pyrrole nitrogens is 1. The van der Waals surface area contributed by atoms with Gasteiger partial charge < -0.3 is 9.47 Å². The summed E-state index contributed by atoms with van der Waals surface area (Å²) in [5, 5.41) is 10.0. The van der Waals surface area contributed by atoms with Crippen molar-refractivity contribution in [3.05, 3.63) is 53.9 Å². The minimum atomic E-state index is -0.863. The fourth-order valence-corrected chi connectivity index (χ4v) is 6.95. The summed E-state index contributed by atoms with van der Waals surface area (Å²) in [5.74, 6) is -0.132. The van der Waals surface area contributed by atoms with Gasteiger partial charge in [-0.2, -0.15) is 5.10 Å². The van der Waals surface area contributed by atoms with Gasteiger partial charge >= 0.3 is 0 Å². The van der Waals surface area contributed by atoms with Crippen molar-refractivity contribution >= 4 is 21.7 Å². The van der Waals surface area contributed by atoms with E-state index in [1.54, 1.807) is 12.3 Å². The number of rotatable bonds is 4. The van der Waals surface area contributed by atoms with Crippen LogP contribution in [0.3, 0.4) is 0 Å². The standard InChI is InChI=1S/C29H29F2N3O2/c1-16-11-29(12-16)13-20(14-29)36-28-22-10-25-19(15-32-34-25)8-21(22)26(18-2-3-23(30)24(31)9-18)27(33-28)17-4-6-35-7-5-17/h2-3,8-10,15-17,20H,4-7,11-14H2,1H3,(H,32,34). The molecular weight excluding hydrogens is 460 g/mol. The van der Waals surface area contributed by atoms with Crippen molar-refractivity contribution in [1.82, 2.24) is 15.2 Å². The summed E-state index contributed by atoms with van der Waals surface area (Å²) in [6.45, 7) is 3.63. The van der Waals surface area contributed by atoms with Crippen molar-refractivity contribution < 1.29 is 18.3 Å². The predicted octanol–water partition coefficient (Wildman–Crippen LogP) is 6.91. The first-order valence-electron chi connectivity index (χ1n) is 13.0. The summed E-state index contributed by atoms with van der Waals surface area (Å²) >= 11 is 0. The molecule has 2 aromatic carbocycles. The largest absolute Gasteiger partial charge is 0.474 e.